The molecule has 0 radical (unpaired) electrons. The van der Waals surface area contributed by atoms with Gasteiger partial charge >= 0.3 is 12.0 Å². The van der Waals surface area contributed by atoms with Crippen molar-refractivity contribution in [3.05, 3.63) is 41.7 Å². The highest BCUT2D eigenvalue weighted by molar-refractivity contribution is 5.88. The van der Waals surface area contributed by atoms with E-state index in [1.807, 2.05) is 20.8 Å². The van der Waals surface area contributed by atoms with Crippen LogP contribution < -0.4 is 10.6 Å². The Morgan fingerprint density at radius 3 is 2.39 bits per heavy atom. The molecule has 3 N–H and O–H groups in total. The first-order valence-corrected chi connectivity index (χ1v) is 7.05. The standard InChI is InChI=1S/C15H19N5O3/c1-15(2,3)20-9-17-13(19-20)18-14(23)16-8-10-4-6-11(7-5-10)12(21)22/h4-7,9H,8H2,1-3H3,(H,21,22)(H2,16,18,19,23). The number of benzene rings is 1. The molecular weight excluding hydrogens is 298 g/mol. The zero-order valence-corrected chi connectivity index (χ0v) is 13.2. The number of carbonyl (C=O) groups excluding carboxylic acids is 1. The first-order chi connectivity index (χ1) is 10.8. The van der Waals surface area contributed by atoms with Crippen molar-refractivity contribution in [2.24, 2.45) is 0 Å². The summed E-state index contributed by atoms with van der Waals surface area (Å²) >= 11 is 0. The van der Waals surface area contributed by atoms with Gasteiger partial charge in [0, 0.05) is 6.54 Å². The van der Waals surface area contributed by atoms with Crippen LogP contribution in [0.2, 0.25) is 0 Å². The third-order valence-corrected chi connectivity index (χ3v) is 3.06. The van der Waals surface area contributed by atoms with E-state index in [1.54, 1.807) is 23.1 Å². The average molecular weight is 317 g/mol. The summed E-state index contributed by atoms with van der Waals surface area (Å²) in [6.07, 6.45) is 1.56. The number of nitrogens with one attached hydrogen (secondary N) is 2. The Labute approximate surface area is 133 Å². The van der Waals surface area contributed by atoms with Crippen LogP contribution in [-0.2, 0) is 12.1 Å². The summed E-state index contributed by atoms with van der Waals surface area (Å²) in [6, 6.07) is 5.85. The molecule has 0 aliphatic rings. The van der Waals surface area contributed by atoms with Gasteiger partial charge in [-0.25, -0.2) is 19.3 Å². The maximum Gasteiger partial charge on any atom is 0.335 e. The van der Waals surface area contributed by atoms with Crippen molar-refractivity contribution >= 4 is 17.9 Å². The van der Waals surface area contributed by atoms with E-state index in [-0.39, 0.29) is 23.6 Å². The van der Waals surface area contributed by atoms with Gasteiger partial charge in [0.2, 0.25) is 5.95 Å². The van der Waals surface area contributed by atoms with Crippen LogP contribution in [0, 0.1) is 0 Å². The molecule has 2 amide bonds. The number of urea groups is 1. The number of hydrogen-bond donors (Lipinski definition) is 3. The summed E-state index contributed by atoms with van der Waals surface area (Å²) in [5.41, 5.74) is 0.781. The average Bonchev–Trinajstić information content (AvgIpc) is 2.94. The van der Waals surface area contributed by atoms with E-state index < -0.39 is 12.0 Å². The second kappa shape index (κ2) is 6.47. The van der Waals surface area contributed by atoms with Gasteiger partial charge in [0.25, 0.3) is 0 Å². The van der Waals surface area contributed by atoms with Gasteiger partial charge in [-0.15, -0.1) is 5.10 Å². The molecular formula is C15H19N5O3. The van der Waals surface area contributed by atoms with E-state index in [1.165, 1.54) is 12.1 Å². The summed E-state index contributed by atoms with van der Waals surface area (Å²) in [5.74, 6) is -0.763. The molecule has 0 aliphatic heterocycles. The van der Waals surface area contributed by atoms with Crippen LogP contribution in [0.15, 0.2) is 30.6 Å². The second-order valence-corrected chi connectivity index (χ2v) is 5.99. The van der Waals surface area contributed by atoms with E-state index in [2.05, 4.69) is 20.7 Å². The first kappa shape index (κ1) is 16.5. The van der Waals surface area contributed by atoms with Gasteiger partial charge in [-0.1, -0.05) is 12.1 Å². The molecule has 0 atom stereocenters. The van der Waals surface area contributed by atoms with E-state index in [0.29, 0.717) is 0 Å². The number of amides is 2. The van der Waals surface area contributed by atoms with Crippen LogP contribution in [0.5, 0.6) is 0 Å². The van der Waals surface area contributed by atoms with E-state index >= 15 is 0 Å². The van der Waals surface area contributed by atoms with Gasteiger partial charge < -0.3 is 10.4 Å². The fourth-order valence-corrected chi connectivity index (χ4v) is 1.74. The molecule has 0 saturated carbocycles. The van der Waals surface area contributed by atoms with Crippen LogP contribution in [-0.4, -0.2) is 31.9 Å². The Morgan fingerprint density at radius 2 is 1.87 bits per heavy atom. The highest BCUT2D eigenvalue weighted by Crippen LogP contribution is 2.12. The number of aromatic carboxylic acids is 1. The van der Waals surface area contributed by atoms with Crippen molar-refractivity contribution in [3.8, 4) is 0 Å². The Kier molecular flexibility index (Phi) is 4.63. The van der Waals surface area contributed by atoms with Gasteiger partial charge in [0.15, 0.2) is 0 Å². The van der Waals surface area contributed by atoms with Crippen LogP contribution in [0.4, 0.5) is 10.7 Å². The zero-order valence-electron chi connectivity index (χ0n) is 13.2. The largest absolute Gasteiger partial charge is 0.478 e. The number of carboxylic acid groups (broad SMARTS) is 1. The first-order valence-electron chi connectivity index (χ1n) is 7.05. The molecule has 8 nitrogen and oxygen atoms in total. The molecule has 0 saturated heterocycles. The van der Waals surface area contributed by atoms with Crippen LogP contribution in [0.3, 0.4) is 0 Å². The lowest BCUT2D eigenvalue weighted by atomic mass is 10.1. The summed E-state index contributed by atoms with van der Waals surface area (Å²) in [5, 5.41) is 18.2. The molecule has 2 aromatic rings. The van der Waals surface area contributed by atoms with Crippen molar-refractivity contribution in [1.82, 2.24) is 20.1 Å². The lowest BCUT2D eigenvalue weighted by Crippen LogP contribution is -2.29. The van der Waals surface area contributed by atoms with Crippen molar-refractivity contribution in [1.29, 1.82) is 0 Å². The van der Waals surface area contributed by atoms with Crippen LogP contribution >= 0.6 is 0 Å². The van der Waals surface area contributed by atoms with Gasteiger partial charge in [-0.2, -0.15) is 0 Å². The molecule has 122 valence electrons. The number of carboxylic acids is 1. The number of anilines is 1. The number of rotatable bonds is 4. The maximum atomic E-state index is 11.8. The van der Waals surface area contributed by atoms with Crippen LogP contribution in [0.25, 0.3) is 0 Å². The van der Waals surface area contributed by atoms with Gasteiger partial charge in [-0.05, 0) is 38.5 Å². The fourth-order valence-electron chi connectivity index (χ4n) is 1.74. The molecule has 23 heavy (non-hydrogen) atoms. The SMILES string of the molecule is CC(C)(C)n1cnc(NC(=O)NCc2ccc(C(=O)O)cc2)n1. The predicted octanol–water partition coefficient (Wildman–Crippen LogP) is 2.05. The van der Waals surface area contributed by atoms with Crippen molar-refractivity contribution in [2.45, 2.75) is 32.9 Å². The molecule has 0 fully saturated rings. The summed E-state index contributed by atoms with van der Waals surface area (Å²) in [4.78, 5) is 26.6. The fraction of sp³-hybridized carbons (Fsp3) is 0.333. The highest BCUT2D eigenvalue weighted by Gasteiger charge is 2.15. The maximum absolute atomic E-state index is 11.8. The van der Waals surface area contributed by atoms with Crippen molar-refractivity contribution in [3.63, 3.8) is 0 Å². The molecule has 1 aromatic carbocycles. The molecule has 0 bridgehead atoms. The monoisotopic (exact) mass is 317 g/mol. The predicted molar refractivity (Wildman–Crippen MR) is 84.3 cm³/mol. The van der Waals surface area contributed by atoms with Gasteiger partial charge in [0.05, 0.1) is 11.1 Å². The molecule has 2 rings (SSSR count). The topological polar surface area (TPSA) is 109 Å². The number of nitrogens with zero attached hydrogens (tertiary/aromatic N) is 3. The third kappa shape index (κ3) is 4.53. The quantitative estimate of drug-likeness (QED) is 0.799. The van der Waals surface area contributed by atoms with Crippen molar-refractivity contribution < 1.29 is 14.7 Å². The Bertz CT molecular complexity index is 701. The molecule has 0 spiro atoms. The second-order valence-electron chi connectivity index (χ2n) is 5.99. The van der Waals surface area contributed by atoms with Gasteiger partial charge in [0.1, 0.15) is 6.33 Å². The lowest BCUT2D eigenvalue weighted by Gasteiger charge is -2.17. The van der Waals surface area contributed by atoms with Gasteiger partial charge in [-0.3, -0.25) is 5.32 Å². The van der Waals surface area contributed by atoms with E-state index in [9.17, 15) is 9.59 Å². The molecule has 8 heteroatoms. The molecule has 0 unspecified atom stereocenters. The van der Waals surface area contributed by atoms with Crippen LogP contribution in [0.1, 0.15) is 36.7 Å². The Morgan fingerprint density at radius 1 is 1.22 bits per heavy atom. The third-order valence-electron chi connectivity index (χ3n) is 3.06. The van der Waals surface area contributed by atoms with E-state index in [0.717, 1.165) is 5.56 Å². The summed E-state index contributed by atoms with van der Waals surface area (Å²) in [7, 11) is 0. The smallest absolute Gasteiger partial charge is 0.335 e. The Hall–Kier alpha value is -2.90. The summed E-state index contributed by atoms with van der Waals surface area (Å²) < 4.78 is 1.66. The van der Waals surface area contributed by atoms with Crippen molar-refractivity contribution in [2.75, 3.05) is 5.32 Å². The Balaban J connectivity index is 1.87. The normalized spacial score (nSPS) is 11.1. The number of aromatic nitrogens is 3. The summed E-state index contributed by atoms with van der Waals surface area (Å²) in [6.45, 7) is 6.21. The highest BCUT2D eigenvalue weighted by atomic mass is 16.4. The minimum absolute atomic E-state index is 0.204. The molecule has 1 heterocycles. The minimum Gasteiger partial charge on any atom is -0.478 e. The number of carbonyl (C=O) groups is 2. The minimum atomic E-state index is -0.984. The van der Waals surface area contributed by atoms with E-state index in [4.69, 9.17) is 5.11 Å². The zero-order chi connectivity index (χ0) is 17.0. The molecule has 1 aromatic heterocycles. The molecule has 0 aliphatic carbocycles. The lowest BCUT2D eigenvalue weighted by molar-refractivity contribution is 0.0697. The number of hydrogen-bond acceptors (Lipinski definition) is 4.